The number of aliphatic carboxylic acids is 7. The van der Waals surface area contributed by atoms with Crippen LogP contribution < -0.4 is 36.1 Å². The van der Waals surface area contributed by atoms with E-state index in [0.29, 0.717) is 0 Å². The Kier molecular flexibility index (Phi) is 43.8. The molecule has 270 valence electrons. The second-order valence-corrected chi connectivity index (χ2v) is 6.25. The SMILES string of the molecule is N.N.N.N.NC(N)=O.O=C(O)C(O)C(O)C(=O)O.O=C(O)C(O)C(O)C(=O)O.O=C(O)CC(O)(CC(=O)O)C(=O)O.O=[N+]([O-])O. The third kappa shape index (κ3) is 43.0. The Labute approximate surface area is 247 Å². The molecule has 4 unspecified atom stereocenters. The summed E-state index contributed by atoms with van der Waals surface area (Å²) in [7, 11) is 0. The number of nitrogens with two attached hydrogens (primary N) is 2. The predicted octanol–water partition coefficient (Wildman–Crippen LogP) is -6.17. The number of carbonyl (C=O) groups is 8. The fraction of sp³-hybridized carbons (Fsp3) is 0.467. The first-order valence-electron chi connectivity index (χ1n) is 9.08. The van der Waals surface area contributed by atoms with Gasteiger partial charge >= 0.3 is 47.8 Å². The summed E-state index contributed by atoms with van der Waals surface area (Å²) in [5.41, 5.74) is 5.76. The van der Waals surface area contributed by atoms with Gasteiger partial charge in [-0.1, -0.05) is 0 Å². The standard InChI is InChI=1S/C6H8O7.2C4H6O6.CH4N2O.HNO3.4H3N/c7-3(8)1-6(13,5(11)12)2-4(9)10;2*5-1(3(7)8)2(6)4(9)10;2*2-1(3)4;;;;/h13H,1-2H2,(H,7,8)(H,9,10)(H,11,12);2*1-2,5-6H,(H,7,8)(H,9,10);(H4,2,3,4);(H,2,3,4);4*1H3. The van der Waals surface area contributed by atoms with Gasteiger partial charge in [0.25, 0.3) is 5.09 Å². The van der Waals surface area contributed by atoms with Gasteiger partial charge in [-0.3, -0.25) is 9.59 Å². The van der Waals surface area contributed by atoms with E-state index in [-0.39, 0.29) is 24.6 Å². The molecule has 0 radical (unpaired) electrons. The number of urea groups is 1. The maximum Gasteiger partial charge on any atom is 0.336 e. The van der Waals surface area contributed by atoms with Gasteiger partial charge in [0, 0.05) is 0 Å². The van der Waals surface area contributed by atoms with E-state index in [2.05, 4.69) is 11.5 Å². The van der Waals surface area contributed by atoms with Crippen molar-refractivity contribution in [3.8, 4) is 0 Å². The van der Waals surface area contributed by atoms with Gasteiger partial charge in [-0.2, -0.15) is 0 Å². The van der Waals surface area contributed by atoms with Gasteiger partial charge in [-0.05, 0) is 0 Å². The van der Waals surface area contributed by atoms with E-state index in [0.717, 1.165) is 0 Å². The zero-order valence-electron chi connectivity index (χ0n) is 22.6. The van der Waals surface area contributed by atoms with E-state index in [4.69, 9.17) is 81.4 Å². The highest BCUT2D eigenvalue weighted by Crippen LogP contribution is 2.15. The largest absolute Gasteiger partial charge is 0.481 e. The van der Waals surface area contributed by atoms with Crippen molar-refractivity contribution in [2.45, 2.75) is 42.9 Å². The Bertz CT molecular complexity index is 838. The molecule has 0 saturated heterocycles. The molecule has 45 heavy (non-hydrogen) atoms. The Hall–Kier alpha value is -5.60. The summed E-state index contributed by atoms with van der Waals surface area (Å²) in [6.45, 7) is 0. The zero-order chi connectivity index (χ0) is 34.4. The Balaban J connectivity index is -0.0000000533. The molecule has 0 aliphatic carbocycles. The van der Waals surface area contributed by atoms with E-state index in [1.165, 1.54) is 0 Å². The summed E-state index contributed by atoms with van der Waals surface area (Å²) in [4.78, 5) is 86.9. The minimum absolute atomic E-state index is 0. The summed E-state index contributed by atoms with van der Waals surface area (Å²) in [6, 6.07) is -0.833. The van der Waals surface area contributed by atoms with E-state index < -0.39 is 95.8 Å². The molecule has 0 bridgehead atoms. The van der Waals surface area contributed by atoms with Crippen LogP contribution in [-0.2, 0) is 33.6 Å². The highest BCUT2D eigenvalue weighted by Gasteiger charge is 2.40. The third-order valence-electron chi connectivity index (χ3n) is 2.90. The smallest absolute Gasteiger partial charge is 0.336 e. The number of carbonyl (C=O) groups excluding carboxylic acids is 1. The lowest BCUT2D eigenvalue weighted by molar-refractivity contribution is -0.742. The van der Waals surface area contributed by atoms with Gasteiger partial charge in [0.15, 0.2) is 30.0 Å². The average molecular weight is 683 g/mol. The minimum atomic E-state index is -2.74. The molecule has 0 spiro atoms. The summed E-state index contributed by atoms with van der Waals surface area (Å²) in [5, 5.41) is 113. The molecule has 0 aromatic heterocycles. The molecule has 0 aliphatic heterocycles. The number of carboxylic acids is 7. The second-order valence-electron chi connectivity index (χ2n) is 6.25. The van der Waals surface area contributed by atoms with Gasteiger partial charge in [0.2, 0.25) is 0 Å². The monoisotopic (exact) mass is 683 g/mol. The third-order valence-corrected chi connectivity index (χ3v) is 2.90. The second kappa shape index (κ2) is 31.3. The van der Waals surface area contributed by atoms with Crippen molar-refractivity contribution < 1.29 is 110 Å². The summed E-state index contributed by atoms with van der Waals surface area (Å²) in [5.74, 6) is -12.1. The van der Waals surface area contributed by atoms with Crippen molar-refractivity contribution in [3.05, 3.63) is 10.1 Å². The first-order chi connectivity index (χ1) is 18.2. The van der Waals surface area contributed by atoms with Crippen molar-refractivity contribution in [1.29, 1.82) is 0 Å². The molecule has 29 N–H and O–H groups in total. The molecule has 2 amide bonds. The normalized spacial score (nSPS) is 11.2. The highest BCUT2D eigenvalue weighted by molar-refractivity contribution is 5.88. The molecule has 0 rings (SSSR count). The summed E-state index contributed by atoms with van der Waals surface area (Å²) >= 11 is 0. The minimum Gasteiger partial charge on any atom is -0.481 e. The molecule has 30 heteroatoms. The van der Waals surface area contributed by atoms with Crippen molar-refractivity contribution in [1.82, 2.24) is 24.6 Å². The van der Waals surface area contributed by atoms with Crippen LogP contribution in [0.2, 0.25) is 0 Å². The molecule has 0 heterocycles. The quantitative estimate of drug-likeness (QED) is 0.0711. The van der Waals surface area contributed by atoms with Crippen LogP contribution in [0.1, 0.15) is 12.8 Å². The molecule has 0 saturated carbocycles. The number of hydrogen-bond acceptors (Lipinski definition) is 19. The number of carboxylic acid groups (broad SMARTS) is 7. The van der Waals surface area contributed by atoms with Gasteiger partial charge in [0.05, 0.1) is 12.8 Å². The van der Waals surface area contributed by atoms with Crippen molar-refractivity contribution in [2.24, 2.45) is 11.5 Å². The van der Waals surface area contributed by atoms with Crippen LogP contribution in [0.3, 0.4) is 0 Å². The van der Waals surface area contributed by atoms with Crippen molar-refractivity contribution >= 4 is 47.8 Å². The van der Waals surface area contributed by atoms with Crippen LogP contribution in [0.5, 0.6) is 0 Å². The number of amides is 2. The summed E-state index contributed by atoms with van der Waals surface area (Å²) < 4.78 is 0. The van der Waals surface area contributed by atoms with Crippen LogP contribution in [0.25, 0.3) is 0 Å². The predicted molar refractivity (Wildman–Crippen MR) is 134 cm³/mol. The van der Waals surface area contributed by atoms with Crippen LogP contribution in [0, 0.1) is 10.1 Å². The average Bonchev–Trinajstić information content (AvgIpc) is 2.75. The molecule has 30 nitrogen and oxygen atoms in total. The van der Waals surface area contributed by atoms with Crippen LogP contribution in [-0.4, -0.2) is 149 Å². The van der Waals surface area contributed by atoms with E-state index in [1.54, 1.807) is 0 Å². The number of aliphatic hydroxyl groups excluding tert-OH is 4. The summed E-state index contributed by atoms with van der Waals surface area (Å²) in [6.07, 6.45) is -11.4. The Morgan fingerprint density at radius 3 is 0.778 bits per heavy atom. The fourth-order valence-corrected chi connectivity index (χ4v) is 1.25. The topological polar surface area (TPSA) is 635 Å². The van der Waals surface area contributed by atoms with Gasteiger partial charge in [0.1, 0.15) is 0 Å². The number of hydrogen-bond donors (Lipinski definition) is 19. The van der Waals surface area contributed by atoms with Crippen LogP contribution in [0.4, 0.5) is 4.79 Å². The Morgan fingerprint density at radius 1 is 0.578 bits per heavy atom. The molecule has 4 atom stereocenters. The number of aliphatic hydroxyl groups is 5. The maximum atomic E-state index is 10.3. The van der Waals surface area contributed by atoms with Gasteiger partial charge in [-0.15, -0.1) is 10.1 Å². The highest BCUT2D eigenvalue weighted by atomic mass is 16.9. The van der Waals surface area contributed by atoms with E-state index in [9.17, 15) is 33.6 Å². The maximum absolute atomic E-state index is 10.3. The van der Waals surface area contributed by atoms with Crippen LogP contribution in [0.15, 0.2) is 0 Å². The molecule has 0 fully saturated rings. The molecular formula is C15H37N7O23. The van der Waals surface area contributed by atoms with E-state index >= 15 is 0 Å². The van der Waals surface area contributed by atoms with Gasteiger partial charge in [-0.25, -0.2) is 28.8 Å². The fourth-order valence-electron chi connectivity index (χ4n) is 1.25. The lowest BCUT2D eigenvalue weighted by atomic mass is 9.96. The van der Waals surface area contributed by atoms with Crippen LogP contribution >= 0.6 is 0 Å². The molecular weight excluding hydrogens is 646 g/mol. The molecule has 0 aliphatic rings. The number of nitrogens with zero attached hydrogens (tertiary/aromatic N) is 1. The molecule has 0 aromatic carbocycles. The zero-order valence-corrected chi connectivity index (χ0v) is 22.6. The lowest BCUT2D eigenvalue weighted by Gasteiger charge is -2.18. The molecule has 0 aromatic rings. The first-order valence-corrected chi connectivity index (χ1v) is 9.08. The lowest BCUT2D eigenvalue weighted by Crippen LogP contribution is -2.42. The van der Waals surface area contributed by atoms with Gasteiger partial charge < -0.3 is 103 Å². The van der Waals surface area contributed by atoms with Crippen molar-refractivity contribution in [2.75, 3.05) is 0 Å². The number of rotatable bonds is 11. The first kappa shape index (κ1) is 62.9. The van der Waals surface area contributed by atoms with Crippen molar-refractivity contribution in [3.63, 3.8) is 0 Å². The number of primary amides is 2. The Morgan fingerprint density at radius 2 is 0.711 bits per heavy atom. The van der Waals surface area contributed by atoms with E-state index in [1.807, 2.05) is 0 Å².